The Balaban J connectivity index is 1.96. The molecule has 0 unspecified atom stereocenters. The molecule has 0 spiro atoms. The predicted octanol–water partition coefficient (Wildman–Crippen LogP) is 3.89. The molecule has 9 heteroatoms. The molecule has 0 bridgehead atoms. The number of hydrogen-bond donors (Lipinski definition) is 2. The van der Waals surface area contributed by atoms with E-state index in [4.69, 9.17) is 21.1 Å². The van der Waals surface area contributed by atoms with Crippen molar-refractivity contribution in [1.29, 1.82) is 0 Å². The summed E-state index contributed by atoms with van der Waals surface area (Å²) in [6.45, 7) is 3.04. The number of carbonyl (C=O) groups is 1. The van der Waals surface area contributed by atoms with Gasteiger partial charge in [0, 0.05) is 24.7 Å². The number of nitro groups is 1. The van der Waals surface area contributed by atoms with Crippen LogP contribution in [0.5, 0.6) is 11.5 Å². The van der Waals surface area contributed by atoms with Crippen molar-refractivity contribution in [2.24, 2.45) is 0 Å². The van der Waals surface area contributed by atoms with Crippen molar-refractivity contribution in [1.82, 2.24) is 5.32 Å². The van der Waals surface area contributed by atoms with Gasteiger partial charge in [0.05, 0.1) is 23.7 Å². The zero-order chi connectivity index (χ0) is 20.5. The maximum absolute atomic E-state index is 12.4. The lowest BCUT2D eigenvalue weighted by molar-refractivity contribution is -0.384. The van der Waals surface area contributed by atoms with E-state index in [1.165, 1.54) is 19.2 Å². The zero-order valence-corrected chi connectivity index (χ0v) is 16.4. The van der Waals surface area contributed by atoms with Gasteiger partial charge >= 0.3 is 0 Å². The van der Waals surface area contributed by atoms with Crippen LogP contribution in [0.1, 0.15) is 23.7 Å². The topological polar surface area (TPSA) is 103 Å². The lowest BCUT2D eigenvalue weighted by atomic mass is 10.2. The number of rotatable bonds is 10. The van der Waals surface area contributed by atoms with E-state index in [1.54, 1.807) is 24.3 Å². The summed E-state index contributed by atoms with van der Waals surface area (Å²) in [5.74, 6) is 0.441. The number of nitrogens with one attached hydrogen (secondary N) is 2. The minimum absolute atomic E-state index is 0.0204. The van der Waals surface area contributed by atoms with E-state index in [0.717, 1.165) is 6.42 Å². The number of para-hydroxylation sites is 2. The molecular formula is C19H22ClN3O5. The van der Waals surface area contributed by atoms with Crippen molar-refractivity contribution in [3.63, 3.8) is 0 Å². The molecule has 2 aromatic carbocycles. The Morgan fingerprint density at radius 2 is 2.00 bits per heavy atom. The number of nitrogens with zero attached hydrogens (tertiary/aromatic N) is 1. The number of nitro benzene ring substituents is 1. The van der Waals surface area contributed by atoms with Gasteiger partial charge < -0.3 is 20.1 Å². The highest BCUT2D eigenvalue weighted by atomic mass is 35.5. The number of carbonyl (C=O) groups excluding carboxylic acids is 1. The van der Waals surface area contributed by atoms with E-state index in [9.17, 15) is 14.9 Å². The Kier molecular flexibility index (Phi) is 7.88. The smallest absolute Gasteiger partial charge is 0.292 e. The number of hydrogen-bond acceptors (Lipinski definition) is 6. The van der Waals surface area contributed by atoms with Gasteiger partial charge in [-0.25, -0.2) is 0 Å². The van der Waals surface area contributed by atoms with Crippen LogP contribution >= 0.6 is 11.6 Å². The average molecular weight is 408 g/mol. The van der Waals surface area contributed by atoms with Crippen LogP contribution < -0.4 is 20.1 Å². The third-order valence-electron chi connectivity index (χ3n) is 3.77. The first-order valence-corrected chi connectivity index (χ1v) is 9.11. The number of benzene rings is 2. The Labute approximate surface area is 167 Å². The van der Waals surface area contributed by atoms with Crippen LogP contribution in [0.4, 0.5) is 11.4 Å². The van der Waals surface area contributed by atoms with Crippen LogP contribution in [0.25, 0.3) is 0 Å². The average Bonchev–Trinajstić information content (AvgIpc) is 2.69. The van der Waals surface area contributed by atoms with Crippen LogP contribution in [0, 0.1) is 10.1 Å². The Morgan fingerprint density at radius 1 is 1.25 bits per heavy atom. The van der Waals surface area contributed by atoms with Gasteiger partial charge in [-0.15, -0.1) is 0 Å². The van der Waals surface area contributed by atoms with Gasteiger partial charge in [0.25, 0.3) is 11.6 Å². The summed E-state index contributed by atoms with van der Waals surface area (Å²) >= 11 is 6.22. The monoisotopic (exact) mass is 407 g/mol. The number of methoxy groups -OCH3 is 1. The maximum Gasteiger partial charge on any atom is 0.292 e. The molecule has 0 atom stereocenters. The summed E-state index contributed by atoms with van der Waals surface area (Å²) in [6.07, 6.45) is 0.814. The van der Waals surface area contributed by atoms with Crippen molar-refractivity contribution in [3.05, 3.63) is 57.1 Å². The number of ether oxygens (including phenoxy) is 2. The van der Waals surface area contributed by atoms with Gasteiger partial charge in [-0.3, -0.25) is 14.9 Å². The Hall–Kier alpha value is -3.00. The van der Waals surface area contributed by atoms with Crippen LogP contribution in [0.15, 0.2) is 36.4 Å². The highest BCUT2D eigenvalue weighted by molar-refractivity contribution is 6.32. The van der Waals surface area contributed by atoms with E-state index >= 15 is 0 Å². The fourth-order valence-electron chi connectivity index (χ4n) is 2.45. The summed E-state index contributed by atoms with van der Waals surface area (Å²) in [5, 5.41) is 17.0. The lowest BCUT2D eigenvalue weighted by Crippen LogP contribution is -2.28. The quantitative estimate of drug-likeness (QED) is 0.352. The standard InChI is InChI=1S/C19H22ClN3O5/c1-3-10-28-18-14(20)11-13(12-17(18)27-2)19(24)22-9-8-21-15-6-4-5-7-16(15)23(25)26/h4-7,11-12,21H,3,8-10H2,1-2H3,(H,22,24). The second-order valence-electron chi connectivity index (χ2n) is 5.79. The second-order valence-corrected chi connectivity index (χ2v) is 6.20. The normalized spacial score (nSPS) is 10.2. The van der Waals surface area contributed by atoms with Crippen molar-refractivity contribution >= 4 is 28.9 Å². The van der Waals surface area contributed by atoms with Gasteiger partial charge in [-0.1, -0.05) is 30.7 Å². The number of amides is 1. The Bertz CT molecular complexity index is 844. The van der Waals surface area contributed by atoms with Crippen molar-refractivity contribution < 1.29 is 19.2 Å². The highest BCUT2D eigenvalue weighted by Crippen LogP contribution is 2.36. The largest absolute Gasteiger partial charge is 0.493 e. The van der Waals surface area contributed by atoms with Crippen LogP contribution in [0.3, 0.4) is 0 Å². The molecule has 0 saturated carbocycles. The molecule has 0 fully saturated rings. The summed E-state index contributed by atoms with van der Waals surface area (Å²) in [7, 11) is 1.48. The lowest BCUT2D eigenvalue weighted by Gasteiger charge is -2.14. The van der Waals surface area contributed by atoms with E-state index in [-0.39, 0.29) is 23.2 Å². The Morgan fingerprint density at radius 3 is 2.68 bits per heavy atom. The molecule has 28 heavy (non-hydrogen) atoms. The van der Waals surface area contributed by atoms with Gasteiger partial charge in [0.15, 0.2) is 11.5 Å². The van der Waals surface area contributed by atoms with Gasteiger partial charge in [-0.2, -0.15) is 0 Å². The summed E-state index contributed by atoms with van der Waals surface area (Å²) < 4.78 is 10.8. The first-order valence-electron chi connectivity index (χ1n) is 8.73. The van der Waals surface area contributed by atoms with Gasteiger partial charge in [-0.05, 0) is 24.6 Å². The molecule has 0 radical (unpaired) electrons. The molecular weight excluding hydrogens is 386 g/mol. The molecule has 0 aliphatic carbocycles. The fraction of sp³-hybridized carbons (Fsp3) is 0.316. The summed E-state index contributed by atoms with van der Waals surface area (Å²) in [4.78, 5) is 22.9. The molecule has 0 heterocycles. The van der Waals surface area contributed by atoms with E-state index < -0.39 is 4.92 Å². The van der Waals surface area contributed by atoms with Crippen molar-refractivity contribution in [2.45, 2.75) is 13.3 Å². The first kappa shape index (κ1) is 21.3. The van der Waals surface area contributed by atoms with Gasteiger partial charge in [0.2, 0.25) is 0 Å². The molecule has 8 nitrogen and oxygen atoms in total. The molecule has 2 N–H and O–H groups in total. The highest BCUT2D eigenvalue weighted by Gasteiger charge is 2.16. The zero-order valence-electron chi connectivity index (χ0n) is 15.7. The van der Waals surface area contributed by atoms with Crippen molar-refractivity contribution in [2.75, 3.05) is 32.1 Å². The minimum atomic E-state index is -0.461. The maximum atomic E-state index is 12.4. The fourth-order valence-corrected chi connectivity index (χ4v) is 2.72. The molecule has 0 saturated heterocycles. The molecule has 0 aromatic heterocycles. The third-order valence-corrected chi connectivity index (χ3v) is 4.05. The van der Waals surface area contributed by atoms with Crippen molar-refractivity contribution in [3.8, 4) is 11.5 Å². The molecule has 1 amide bonds. The first-order chi connectivity index (χ1) is 13.5. The molecule has 2 rings (SSSR count). The second kappa shape index (κ2) is 10.4. The van der Waals surface area contributed by atoms with Crippen LogP contribution in [-0.4, -0.2) is 37.6 Å². The van der Waals surface area contributed by atoms with E-state index in [1.807, 2.05) is 6.92 Å². The van der Waals surface area contributed by atoms with E-state index in [0.29, 0.717) is 35.9 Å². The van der Waals surface area contributed by atoms with E-state index in [2.05, 4.69) is 10.6 Å². The predicted molar refractivity (Wildman–Crippen MR) is 108 cm³/mol. The van der Waals surface area contributed by atoms with Crippen LogP contribution in [-0.2, 0) is 0 Å². The SMILES string of the molecule is CCCOc1c(Cl)cc(C(=O)NCCNc2ccccc2[N+](=O)[O-])cc1OC. The molecule has 0 aliphatic heterocycles. The molecule has 150 valence electrons. The number of halogens is 1. The third kappa shape index (κ3) is 5.50. The summed E-state index contributed by atoms with van der Waals surface area (Å²) in [6, 6.07) is 9.39. The molecule has 2 aromatic rings. The minimum Gasteiger partial charge on any atom is -0.493 e. The number of anilines is 1. The van der Waals surface area contributed by atoms with Gasteiger partial charge in [0.1, 0.15) is 5.69 Å². The molecule has 0 aliphatic rings. The summed E-state index contributed by atoms with van der Waals surface area (Å²) in [5.41, 5.74) is 0.702. The van der Waals surface area contributed by atoms with Crippen LogP contribution in [0.2, 0.25) is 5.02 Å².